The van der Waals surface area contributed by atoms with Crippen molar-refractivity contribution >= 4 is 46.5 Å². The topological polar surface area (TPSA) is 78.4 Å². The third-order valence-corrected chi connectivity index (χ3v) is 5.69. The second kappa shape index (κ2) is 8.28. The fraction of sp³-hybridized carbons (Fsp3) is 0.0500. The number of amides is 1. The van der Waals surface area contributed by atoms with Crippen molar-refractivity contribution in [3.8, 4) is 5.75 Å². The minimum Gasteiger partial charge on any atom is -0.507 e. The van der Waals surface area contributed by atoms with Gasteiger partial charge in [-0.1, -0.05) is 18.2 Å². The molecule has 0 saturated carbocycles. The van der Waals surface area contributed by atoms with Crippen molar-refractivity contribution in [2.75, 3.05) is 0 Å². The van der Waals surface area contributed by atoms with Crippen molar-refractivity contribution in [3.63, 3.8) is 0 Å². The normalized spacial score (nSPS) is 17.4. The van der Waals surface area contributed by atoms with E-state index in [1.807, 2.05) is 29.7 Å². The number of benzene rings is 1. The monoisotopic (exact) mass is 409 g/mol. The van der Waals surface area contributed by atoms with E-state index in [1.54, 1.807) is 47.9 Å². The number of nitrogens with zero attached hydrogens (tertiary/aromatic N) is 3. The van der Waals surface area contributed by atoms with E-state index in [-0.39, 0.29) is 18.2 Å². The van der Waals surface area contributed by atoms with Crippen molar-refractivity contribution in [2.45, 2.75) is 6.54 Å². The van der Waals surface area contributed by atoms with Gasteiger partial charge in [0.05, 0.1) is 23.9 Å². The molecule has 0 aliphatic carbocycles. The molecule has 2 aromatic heterocycles. The second-order valence-electron chi connectivity index (χ2n) is 5.78. The summed E-state index contributed by atoms with van der Waals surface area (Å²) in [7, 11) is 0. The standard InChI is InChI=1S/C20H15N3O3S2/c24-17-8-2-1-5-14(17)12-21-22-20-23(13-15-6-3-9-26-15)19(25)18(28-20)11-16-7-4-10-27-16/h1-12,24H,13H2/b18-11-,21-12+,22-20-. The first-order valence-electron chi connectivity index (χ1n) is 8.37. The highest BCUT2D eigenvalue weighted by Gasteiger charge is 2.34. The number of furan rings is 1. The Labute approximate surface area is 169 Å². The van der Waals surface area contributed by atoms with Gasteiger partial charge in [0, 0.05) is 10.4 Å². The summed E-state index contributed by atoms with van der Waals surface area (Å²) in [6.45, 7) is 0.269. The quantitative estimate of drug-likeness (QED) is 0.381. The Hall–Kier alpha value is -3.10. The van der Waals surface area contributed by atoms with Gasteiger partial charge >= 0.3 is 0 Å². The summed E-state index contributed by atoms with van der Waals surface area (Å²) in [6, 6.07) is 14.3. The van der Waals surface area contributed by atoms with Gasteiger partial charge in [0.2, 0.25) is 0 Å². The van der Waals surface area contributed by atoms with Crippen molar-refractivity contribution in [1.82, 2.24) is 4.90 Å². The second-order valence-corrected chi connectivity index (χ2v) is 7.77. The molecule has 1 aliphatic heterocycles. The predicted octanol–water partition coefficient (Wildman–Crippen LogP) is 4.55. The first kappa shape index (κ1) is 18.3. The number of aromatic hydroxyl groups is 1. The first-order valence-corrected chi connectivity index (χ1v) is 10.1. The van der Waals surface area contributed by atoms with Crippen LogP contribution in [0.2, 0.25) is 0 Å². The van der Waals surface area contributed by atoms with Crippen LogP contribution < -0.4 is 0 Å². The van der Waals surface area contributed by atoms with Crippen LogP contribution in [0.25, 0.3) is 6.08 Å². The maximum atomic E-state index is 12.9. The molecule has 1 N–H and O–H groups in total. The zero-order valence-corrected chi connectivity index (χ0v) is 16.2. The third kappa shape index (κ3) is 4.08. The average Bonchev–Trinajstić information content (AvgIpc) is 3.44. The lowest BCUT2D eigenvalue weighted by Gasteiger charge is -2.12. The van der Waals surface area contributed by atoms with Gasteiger partial charge in [0.25, 0.3) is 5.91 Å². The van der Waals surface area contributed by atoms with Crippen LogP contribution in [0.1, 0.15) is 16.2 Å². The molecule has 1 aliphatic rings. The Morgan fingerprint density at radius 1 is 1.14 bits per heavy atom. The summed E-state index contributed by atoms with van der Waals surface area (Å²) in [5.74, 6) is 0.627. The summed E-state index contributed by atoms with van der Waals surface area (Å²) < 4.78 is 5.38. The Kier molecular flexibility index (Phi) is 5.41. The molecule has 0 atom stereocenters. The highest BCUT2D eigenvalue weighted by molar-refractivity contribution is 8.18. The molecule has 0 spiro atoms. The summed E-state index contributed by atoms with van der Waals surface area (Å²) in [6.07, 6.45) is 4.88. The highest BCUT2D eigenvalue weighted by atomic mass is 32.2. The van der Waals surface area contributed by atoms with Crippen LogP contribution in [-0.4, -0.2) is 27.3 Å². The summed E-state index contributed by atoms with van der Waals surface area (Å²) in [4.78, 5) is 16.0. The Bertz CT molecular complexity index is 1050. The fourth-order valence-electron chi connectivity index (χ4n) is 2.52. The largest absolute Gasteiger partial charge is 0.507 e. The number of amidine groups is 1. The molecule has 28 heavy (non-hydrogen) atoms. The molecule has 0 radical (unpaired) electrons. The zero-order valence-electron chi connectivity index (χ0n) is 14.6. The van der Waals surface area contributed by atoms with Crippen molar-refractivity contribution < 1.29 is 14.3 Å². The van der Waals surface area contributed by atoms with Crippen LogP contribution in [0.15, 0.2) is 79.7 Å². The van der Waals surface area contributed by atoms with Crippen LogP contribution in [0.3, 0.4) is 0 Å². The average molecular weight is 409 g/mol. The van der Waals surface area contributed by atoms with Crippen molar-refractivity contribution in [2.24, 2.45) is 10.2 Å². The SMILES string of the molecule is O=C1/C(=C/c2cccs2)S/C(=N\N=C\c2ccccc2O)N1Cc1ccco1. The van der Waals surface area contributed by atoms with Crippen LogP contribution in [0, 0.1) is 0 Å². The van der Waals surface area contributed by atoms with E-state index < -0.39 is 0 Å². The van der Waals surface area contributed by atoms with Crippen molar-refractivity contribution in [3.05, 3.63) is 81.3 Å². The van der Waals surface area contributed by atoms with E-state index in [2.05, 4.69) is 10.2 Å². The van der Waals surface area contributed by atoms with E-state index in [1.165, 1.54) is 22.9 Å². The molecule has 0 unspecified atom stereocenters. The highest BCUT2D eigenvalue weighted by Crippen LogP contribution is 2.34. The number of carbonyl (C=O) groups excluding carboxylic acids is 1. The van der Waals surface area contributed by atoms with E-state index in [0.29, 0.717) is 21.4 Å². The zero-order chi connectivity index (χ0) is 19.3. The lowest BCUT2D eigenvalue weighted by Crippen LogP contribution is -2.28. The van der Waals surface area contributed by atoms with Crippen LogP contribution >= 0.6 is 23.1 Å². The smallest absolute Gasteiger partial charge is 0.267 e. The van der Waals surface area contributed by atoms with Gasteiger partial charge in [-0.15, -0.1) is 16.4 Å². The molecule has 8 heteroatoms. The van der Waals surface area contributed by atoms with Gasteiger partial charge in [-0.2, -0.15) is 5.10 Å². The minimum absolute atomic E-state index is 0.118. The van der Waals surface area contributed by atoms with Gasteiger partial charge in [-0.05, 0) is 53.5 Å². The molecule has 4 rings (SSSR count). The number of hydrogen-bond donors (Lipinski definition) is 1. The number of phenols is 1. The van der Waals surface area contributed by atoms with E-state index in [4.69, 9.17) is 4.42 Å². The Morgan fingerprint density at radius 2 is 2.04 bits per heavy atom. The van der Waals surface area contributed by atoms with Gasteiger partial charge in [-0.3, -0.25) is 9.69 Å². The molecule has 0 bridgehead atoms. The lowest BCUT2D eigenvalue weighted by molar-refractivity contribution is -0.122. The van der Waals surface area contributed by atoms with Gasteiger partial charge in [0.15, 0.2) is 5.17 Å². The molecule has 1 fully saturated rings. The van der Waals surface area contributed by atoms with Gasteiger partial charge in [0.1, 0.15) is 11.5 Å². The molecule has 1 aromatic carbocycles. The fourth-order valence-corrected chi connectivity index (χ4v) is 4.18. The maximum absolute atomic E-state index is 12.9. The van der Waals surface area contributed by atoms with Crippen LogP contribution in [0.4, 0.5) is 0 Å². The first-order chi connectivity index (χ1) is 13.7. The number of rotatable bonds is 5. The third-order valence-electron chi connectivity index (χ3n) is 3.88. The van der Waals surface area contributed by atoms with Gasteiger partial charge < -0.3 is 9.52 Å². The van der Waals surface area contributed by atoms with Crippen molar-refractivity contribution in [1.29, 1.82) is 0 Å². The number of hydrogen-bond acceptors (Lipinski definition) is 7. The summed E-state index contributed by atoms with van der Waals surface area (Å²) in [5.41, 5.74) is 0.549. The molecule has 140 valence electrons. The molecular formula is C20H15N3O3S2. The summed E-state index contributed by atoms with van der Waals surface area (Å²) in [5, 5.41) is 20.5. The molecule has 1 saturated heterocycles. The molecule has 1 amide bonds. The van der Waals surface area contributed by atoms with E-state index >= 15 is 0 Å². The molecular weight excluding hydrogens is 394 g/mol. The molecule has 3 heterocycles. The molecule has 6 nitrogen and oxygen atoms in total. The van der Waals surface area contributed by atoms with Crippen LogP contribution in [-0.2, 0) is 11.3 Å². The summed E-state index contributed by atoms with van der Waals surface area (Å²) >= 11 is 2.82. The minimum atomic E-state index is -0.147. The van der Waals surface area contributed by atoms with Gasteiger partial charge in [-0.25, -0.2) is 0 Å². The van der Waals surface area contributed by atoms with E-state index in [0.717, 1.165) is 4.88 Å². The predicted molar refractivity (Wildman–Crippen MR) is 112 cm³/mol. The maximum Gasteiger partial charge on any atom is 0.267 e. The Balaban J connectivity index is 1.62. The number of thiophene rings is 1. The number of thioether (sulfide) groups is 1. The van der Waals surface area contributed by atoms with E-state index in [9.17, 15) is 9.90 Å². The number of carbonyl (C=O) groups is 1. The van der Waals surface area contributed by atoms with Crippen LogP contribution in [0.5, 0.6) is 5.75 Å². The number of phenolic OH excluding ortho intramolecular Hbond substituents is 1. The number of para-hydroxylation sites is 1. The Morgan fingerprint density at radius 3 is 2.79 bits per heavy atom. The molecule has 3 aromatic rings. The lowest BCUT2D eigenvalue weighted by atomic mass is 10.2.